The number of alkyl halides is 3. The van der Waals surface area contributed by atoms with E-state index in [1.54, 1.807) is 0 Å². The molecule has 1 heterocycles. The van der Waals surface area contributed by atoms with Gasteiger partial charge in [0.25, 0.3) is 0 Å². The molecule has 2 rings (SSSR count). The molecule has 1 unspecified atom stereocenters. The smallest absolute Gasteiger partial charge is 0.327 e. The molecule has 114 valence electrons. The normalized spacial score (nSPS) is 13.4. The Bertz CT molecular complexity index is 617. The largest absolute Gasteiger partial charge is 0.435 e. The minimum atomic E-state index is -4.43. The second-order valence-electron chi connectivity index (χ2n) is 5.14. The van der Waals surface area contributed by atoms with Gasteiger partial charge in [-0.1, -0.05) is 19.1 Å². The molecular formula is C15H18F3N3. The number of rotatable bonds is 4. The van der Waals surface area contributed by atoms with Crippen molar-refractivity contribution in [2.24, 2.45) is 5.73 Å². The van der Waals surface area contributed by atoms with Crippen molar-refractivity contribution >= 4 is 0 Å². The van der Waals surface area contributed by atoms with Crippen molar-refractivity contribution in [2.45, 2.75) is 38.9 Å². The Balaban J connectivity index is 2.34. The van der Waals surface area contributed by atoms with E-state index in [0.29, 0.717) is 12.1 Å². The van der Waals surface area contributed by atoms with Crippen LogP contribution in [0.1, 0.15) is 30.2 Å². The summed E-state index contributed by atoms with van der Waals surface area (Å²) in [7, 11) is 0. The molecule has 2 N–H and O–H groups in total. The lowest BCUT2D eigenvalue weighted by molar-refractivity contribution is -0.141. The summed E-state index contributed by atoms with van der Waals surface area (Å²) in [5.74, 6) is 0. The number of nitrogens with zero attached hydrogens (tertiary/aromatic N) is 2. The standard InChI is InChI=1S/C15H18F3N3/c1-3-12(19)8-11-5-4-10(2)13(9-11)21-7-6-14(20-21)15(16,17)18/h4-7,9,12H,3,8,19H2,1-2H3. The fourth-order valence-corrected chi connectivity index (χ4v) is 2.09. The summed E-state index contributed by atoms with van der Waals surface area (Å²) in [6.07, 6.45) is -1.56. The molecule has 1 atom stereocenters. The lowest BCUT2D eigenvalue weighted by atomic mass is 10.0. The van der Waals surface area contributed by atoms with Crippen LogP contribution in [0.4, 0.5) is 13.2 Å². The van der Waals surface area contributed by atoms with E-state index in [1.807, 2.05) is 32.0 Å². The lowest BCUT2D eigenvalue weighted by Crippen LogP contribution is -2.21. The second kappa shape index (κ2) is 5.89. The topological polar surface area (TPSA) is 43.8 Å². The minimum absolute atomic E-state index is 0.0453. The molecule has 21 heavy (non-hydrogen) atoms. The van der Waals surface area contributed by atoms with Gasteiger partial charge in [0, 0.05) is 12.2 Å². The van der Waals surface area contributed by atoms with Crippen LogP contribution in [0.15, 0.2) is 30.5 Å². The highest BCUT2D eigenvalue weighted by atomic mass is 19.4. The van der Waals surface area contributed by atoms with Crippen LogP contribution in [0.2, 0.25) is 0 Å². The van der Waals surface area contributed by atoms with Crippen LogP contribution in [0.5, 0.6) is 0 Å². The summed E-state index contributed by atoms with van der Waals surface area (Å²) in [6.45, 7) is 3.84. The molecule has 6 heteroatoms. The third-order valence-corrected chi connectivity index (χ3v) is 3.42. The lowest BCUT2D eigenvalue weighted by Gasteiger charge is -2.12. The van der Waals surface area contributed by atoms with Gasteiger partial charge in [-0.05, 0) is 43.0 Å². The van der Waals surface area contributed by atoms with E-state index in [1.165, 1.54) is 10.9 Å². The van der Waals surface area contributed by atoms with Gasteiger partial charge in [-0.2, -0.15) is 18.3 Å². The van der Waals surface area contributed by atoms with Gasteiger partial charge in [-0.25, -0.2) is 4.68 Å². The predicted octanol–water partition coefficient (Wildman–Crippen LogP) is 3.48. The van der Waals surface area contributed by atoms with Crippen molar-refractivity contribution in [1.29, 1.82) is 0 Å². The van der Waals surface area contributed by atoms with Crippen LogP contribution in [0, 0.1) is 6.92 Å². The van der Waals surface area contributed by atoms with Gasteiger partial charge < -0.3 is 5.73 Å². The molecule has 0 saturated carbocycles. The van der Waals surface area contributed by atoms with Gasteiger partial charge >= 0.3 is 6.18 Å². The quantitative estimate of drug-likeness (QED) is 0.939. The van der Waals surface area contributed by atoms with E-state index in [0.717, 1.165) is 23.6 Å². The SMILES string of the molecule is CCC(N)Cc1ccc(C)c(-n2ccc(C(F)(F)F)n2)c1. The highest BCUT2D eigenvalue weighted by Gasteiger charge is 2.33. The van der Waals surface area contributed by atoms with Crippen LogP contribution in [-0.4, -0.2) is 15.8 Å². The van der Waals surface area contributed by atoms with E-state index in [-0.39, 0.29) is 6.04 Å². The summed E-state index contributed by atoms with van der Waals surface area (Å²) < 4.78 is 39.1. The van der Waals surface area contributed by atoms with E-state index in [9.17, 15) is 13.2 Å². The third kappa shape index (κ3) is 3.64. The Labute approximate surface area is 121 Å². The maximum Gasteiger partial charge on any atom is 0.435 e. The molecular weight excluding hydrogens is 279 g/mol. The number of halogens is 3. The van der Waals surface area contributed by atoms with Crippen molar-refractivity contribution in [1.82, 2.24) is 9.78 Å². The molecule has 1 aromatic carbocycles. The van der Waals surface area contributed by atoms with E-state index in [4.69, 9.17) is 5.73 Å². The van der Waals surface area contributed by atoms with Crippen molar-refractivity contribution in [2.75, 3.05) is 0 Å². The average Bonchev–Trinajstić information content (AvgIpc) is 2.90. The number of hydrogen-bond acceptors (Lipinski definition) is 2. The van der Waals surface area contributed by atoms with E-state index >= 15 is 0 Å². The van der Waals surface area contributed by atoms with Gasteiger partial charge in [0.15, 0.2) is 5.69 Å². The summed E-state index contributed by atoms with van der Waals surface area (Å²) in [5, 5.41) is 3.61. The molecule has 0 amide bonds. The Morgan fingerprint density at radius 2 is 2.00 bits per heavy atom. The minimum Gasteiger partial charge on any atom is -0.327 e. The number of hydrogen-bond donors (Lipinski definition) is 1. The molecule has 2 aromatic rings. The molecule has 0 aliphatic heterocycles. The first-order valence-corrected chi connectivity index (χ1v) is 6.79. The summed E-state index contributed by atoms with van der Waals surface area (Å²) in [5.41, 5.74) is 7.53. The molecule has 0 aliphatic rings. The second-order valence-corrected chi connectivity index (χ2v) is 5.14. The molecule has 1 aromatic heterocycles. The zero-order valence-electron chi connectivity index (χ0n) is 12.0. The molecule has 0 aliphatic carbocycles. The van der Waals surface area contributed by atoms with Gasteiger partial charge in [0.1, 0.15) is 0 Å². The zero-order valence-corrected chi connectivity index (χ0v) is 12.0. The molecule has 0 bridgehead atoms. The van der Waals surface area contributed by atoms with Crippen molar-refractivity contribution in [3.63, 3.8) is 0 Å². The van der Waals surface area contributed by atoms with Crippen LogP contribution in [0.25, 0.3) is 5.69 Å². The molecule has 0 saturated heterocycles. The number of benzene rings is 1. The van der Waals surface area contributed by atoms with Crippen molar-refractivity contribution in [3.05, 3.63) is 47.3 Å². The maximum atomic E-state index is 12.6. The predicted molar refractivity (Wildman–Crippen MR) is 75.3 cm³/mol. The Morgan fingerprint density at radius 3 is 2.57 bits per heavy atom. The first kappa shape index (κ1) is 15.6. The molecule has 0 fully saturated rings. The zero-order chi connectivity index (χ0) is 15.6. The van der Waals surface area contributed by atoms with Crippen LogP contribution >= 0.6 is 0 Å². The van der Waals surface area contributed by atoms with Gasteiger partial charge in [-0.3, -0.25) is 0 Å². The van der Waals surface area contributed by atoms with E-state index in [2.05, 4.69) is 5.10 Å². The molecule has 0 spiro atoms. The van der Waals surface area contributed by atoms with E-state index < -0.39 is 11.9 Å². The highest BCUT2D eigenvalue weighted by Crippen LogP contribution is 2.28. The third-order valence-electron chi connectivity index (χ3n) is 3.42. The monoisotopic (exact) mass is 297 g/mol. The maximum absolute atomic E-state index is 12.6. The first-order chi connectivity index (χ1) is 9.81. The fraction of sp³-hybridized carbons (Fsp3) is 0.400. The summed E-state index contributed by atoms with van der Waals surface area (Å²) in [4.78, 5) is 0. The van der Waals surface area contributed by atoms with Gasteiger partial charge in [-0.15, -0.1) is 0 Å². The number of aryl methyl sites for hydroxylation is 1. The molecule has 3 nitrogen and oxygen atoms in total. The van der Waals surface area contributed by atoms with Gasteiger partial charge in [0.2, 0.25) is 0 Å². The summed E-state index contributed by atoms with van der Waals surface area (Å²) >= 11 is 0. The average molecular weight is 297 g/mol. The first-order valence-electron chi connectivity index (χ1n) is 6.79. The Morgan fingerprint density at radius 1 is 1.29 bits per heavy atom. The molecule has 0 radical (unpaired) electrons. The number of nitrogens with two attached hydrogens (primary N) is 1. The van der Waals surface area contributed by atoms with Crippen molar-refractivity contribution < 1.29 is 13.2 Å². The van der Waals surface area contributed by atoms with Crippen LogP contribution < -0.4 is 5.73 Å². The summed E-state index contributed by atoms with van der Waals surface area (Å²) in [6, 6.07) is 6.69. The van der Waals surface area contributed by atoms with Gasteiger partial charge in [0.05, 0.1) is 5.69 Å². The van der Waals surface area contributed by atoms with Crippen LogP contribution in [0.3, 0.4) is 0 Å². The number of aromatic nitrogens is 2. The Hall–Kier alpha value is -1.82. The van der Waals surface area contributed by atoms with Crippen LogP contribution in [-0.2, 0) is 12.6 Å². The Kier molecular flexibility index (Phi) is 4.37. The van der Waals surface area contributed by atoms with Crippen molar-refractivity contribution in [3.8, 4) is 5.69 Å². The highest BCUT2D eigenvalue weighted by molar-refractivity contribution is 5.43. The fourth-order valence-electron chi connectivity index (χ4n) is 2.09.